The van der Waals surface area contributed by atoms with Crippen molar-refractivity contribution in [2.24, 2.45) is 10.8 Å². The van der Waals surface area contributed by atoms with E-state index in [1.165, 1.54) is 16.7 Å². The molecular weight excluding hydrogens is 334 g/mol. The van der Waals surface area contributed by atoms with Crippen LogP contribution in [0.3, 0.4) is 0 Å². The van der Waals surface area contributed by atoms with E-state index in [1.807, 2.05) is 0 Å². The van der Waals surface area contributed by atoms with Crippen LogP contribution in [0, 0.1) is 10.8 Å². The van der Waals surface area contributed by atoms with E-state index in [-0.39, 0.29) is 10.8 Å². The summed E-state index contributed by atoms with van der Waals surface area (Å²) in [7, 11) is 0. The lowest BCUT2D eigenvalue weighted by molar-refractivity contribution is -0.229. The minimum atomic E-state index is -0.581. The summed E-state index contributed by atoms with van der Waals surface area (Å²) in [5.74, 6) is -0.214. The smallest absolute Gasteiger partial charge is 0.309 e. The van der Waals surface area contributed by atoms with Gasteiger partial charge in [0, 0.05) is 25.0 Å². The molecule has 140 valence electrons. The van der Waals surface area contributed by atoms with Crippen LogP contribution in [0.2, 0.25) is 0 Å². The zero-order valence-electron chi connectivity index (χ0n) is 15.9. The topological polar surface area (TPSA) is 40.5 Å². The maximum Gasteiger partial charge on any atom is 0.309 e. The molecule has 6 rings (SSSR count). The average molecular weight is 361 g/mol. The van der Waals surface area contributed by atoms with Crippen molar-refractivity contribution in [3.63, 3.8) is 0 Å². The molecule has 0 aromatic heterocycles. The van der Waals surface area contributed by atoms with Gasteiger partial charge in [0.1, 0.15) is 0 Å². The van der Waals surface area contributed by atoms with E-state index in [2.05, 4.69) is 66.4 Å². The summed E-state index contributed by atoms with van der Waals surface area (Å²) >= 11 is 0. The molecule has 0 radical (unpaired) electrons. The molecule has 27 heavy (non-hydrogen) atoms. The monoisotopic (exact) mass is 361 g/mol. The van der Waals surface area contributed by atoms with Crippen LogP contribution in [-0.2, 0) is 11.2 Å². The third kappa shape index (κ3) is 2.55. The minimum absolute atomic E-state index is 0.254. The Bertz CT molecular complexity index is 855. The van der Waals surface area contributed by atoms with Crippen molar-refractivity contribution in [2.45, 2.75) is 44.6 Å². The van der Waals surface area contributed by atoms with Gasteiger partial charge in [-0.15, -0.1) is 0 Å². The molecule has 2 atom stereocenters. The van der Waals surface area contributed by atoms with E-state index in [9.17, 15) is 9.90 Å². The molecule has 3 fully saturated rings. The first-order valence-electron chi connectivity index (χ1n) is 10.1. The largest absolute Gasteiger partial charge is 0.481 e. The van der Waals surface area contributed by atoms with Crippen LogP contribution < -0.4 is 0 Å². The Hall–Kier alpha value is -2.13. The number of carboxylic acid groups (broad SMARTS) is 1. The third-order valence-corrected chi connectivity index (χ3v) is 7.41. The molecule has 3 nitrogen and oxygen atoms in total. The second-order valence-electron chi connectivity index (χ2n) is 9.16. The third-order valence-electron chi connectivity index (χ3n) is 7.41. The van der Waals surface area contributed by atoms with Gasteiger partial charge in [-0.05, 0) is 54.7 Å². The first kappa shape index (κ1) is 17.0. The minimum Gasteiger partial charge on any atom is -0.481 e. The van der Waals surface area contributed by atoms with E-state index in [0.29, 0.717) is 12.0 Å². The maximum absolute atomic E-state index is 11.5. The normalized spacial score (nSPS) is 34.7. The predicted octanol–water partition coefficient (Wildman–Crippen LogP) is 4.32. The van der Waals surface area contributed by atoms with Crippen molar-refractivity contribution < 1.29 is 9.90 Å². The molecule has 3 aliphatic carbocycles. The second-order valence-corrected chi connectivity index (χ2v) is 9.16. The first-order valence-corrected chi connectivity index (χ1v) is 10.1. The van der Waals surface area contributed by atoms with Crippen LogP contribution in [0.5, 0.6) is 0 Å². The lowest BCUT2D eigenvalue weighted by Gasteiger charge is -2.69. The molecule has 1 N–H and O–H groups in total. The molecule has 0 amide bonds. The SMILES string of the molecule is C[C@@H]1[C@@H](c2ccccc2)c2ccccc2CCN1CC12CC(C(=O)O)(C1)C2. The van der Waals surface area contributed by atoms with Crippen molar-refractivity contribution in [1.29, 1.82) is 0 Å². The van der Waals surface area contributed by atoms with Crippen LogP contribution in [0.1, 0.15) is 48.8 Å². The molecular formula is C24H27NO2. The molecule has 2 aromatic carbocycles. The summed E-state index contributed by atoms with van der Waals surface area (Å²) in [6, 6.07) is 20.2. The summed E-state index contributed by atoms with van der Waals surface area (Å²) in [5.41, 5.74) is 4.17. The van der Waals surface area contributed by atoms with Crippen molar-refractivity contribution in [2.75, 3.05) is 13.1 Å². The van der Waals surface area contributed by atoms with Crippen molar-refractivity contribution >= 4 is 5.97 Å². The fraction of sp³-hybridized carbons (Fsp3) is 0.458. The van der Waals surface area contributed by atoms with E-state index >= 15 is 0 Å². The van der Waals surface area contributed by atoms with Crippen LogP contribution in [0.25, 0.3) is 0 Å². The Morgan fingerprint density at radius 3 is 2.44 bits per heavy atom. The molecule has 2 aromatic rings. The summed E-state index contributed by atoms with van der Waals surface area (Å²) in [5, 5.41) is 9.44. The molecule has 0 saturated heterocycles. The average Bonchev–Trinajstić information content (AvgIpc) is 2.74. The zero-order chi connectivity index (χ0) is 18.6. The van der Waals surface area contributed by atoms with Gasteiger partial charge in [-0.25, -0.2) is 0 Å². The molecule has 3 heteroatoms. The van der Waals surface area contributed by atoms with Gasteiger partial charge in [-0.2, -0.15) is 0 Å². The highest BCUT2D eigenvalue weighted by Crippen LogP contribution is 2.73. The van der Waals surface area contributed by atoms with E-state index in [4.69, 9.17) is 0 Å². The lowest BCUT2D eigenvalue weighted by atomic mass is 9.35. The molecule has 1 aliphatic heterocycles. The van der Waals surface area contributed by atoms with E-state index < -0.39 is 5.97 Å². The number of fused-ring (bicyclic) bond motifs is 1. The standard InChI is InChI=1S/C24H27NO2/c1-17-21(19-8-3-2-4-9-19)20-10-6-5-7-18(20)11-12-25(17)16-23-13-24(14-23,15-23)22(26)27/h2-10,17,21H,11-16H2,1H3,(H,26,27)/t17-,21+,23?,24?/m1/s1. The Morgan fingerprint density at radius 1 is 1.07 bits per heavy atom. The van der Waals surface area contributed by atoms with Crippen molar-refractivity contribution in [1.82, 2.24) is 4.90 Å². The second kappa shape index (κ2) is 5.93. The summed E-state index contributed by atoms with van der Waals surface area (Å²) in [4.78, 5) is 14.1. The molecule has 3 saturated carbocycles. The number of aliphatic carboxylic acids is 1. The summed E-state index contributed by atoms with van der Waals surface area (Å²) in [6.45, 7) is 4.46. The maximum atomic E-state index is 11.5. The van der Waals surface area contributed by atoms with E-state index in [1.54, 1.807) is 0 Å². The number of hydrogen-bond donors (Lipinski definition) is 1. The van der Waals surface area contributed by atoms with Gasteiger partial charge < -0.3 is 5.11 Å². The summed E-state index contributed by atoms with van der Waals surface area (Å²) < 4.78 is 0. The van der Waals surface area contributed by atoms with Gasteiger partial charge in [0.2, 0.25) is 0 Å². The Balaban J connectivity index is 1.44. The highest BCUT2D eigenvalue weighted by atomic mass is 16.4. The highest BCUT2D eigenvalue weighted by Gasteiger charge is 2.71. The number of nitrogens with zero attached hydrogens (tertiary/aromatic N) is 1. The van der Waals surface area contributed by atoms with Crippen LogP contribution in [0.4, 0.5) is 0 Å². The van der Waals surface area contributed by atoms with Gasteiger partial charge in [0.25, 0.3) is 0 Å². The number of rotatable bonds is 4. The number of carboxylic acids is 1. The Labute approximate surface area is 161 Å². The predicted molar refractivity (Wildman–Crippen MR) is 106 cm³/mol. The van der Waals surface area contributed by atoms with Gasteiger partial charge in [-0.3, -0.25) is 9.69 Å². The van der Waals surface area contributed by atoms with Crippen LogP contribution >= 0.6 is 0 Å². The van der Waals surface area contributed by atoms with Crippen LogP contribution in [0.15, 0.2) is 54.6 Å². The fourth-order valence-electron chi connectivity index (χ4n) is 6.17. The van der Waals surface area contributed by atoms with Crippen molar-refractivity contribution in [3.05, 3.63) is 71.3 Å². The first-order chi connectivity index (χ1) is 13.0. The number of benzene rings is 2. The highest BCUT2D eigenvalue weighted by molar-refractivity contribution is 5.79. The van der Waals surface area contributed by atoms with Gasteiger partial charge >= 0.3 is 5.97 Å². The molecule has 4 aliphatic rings. The Morgan fingerprint density at radius 2 is 1.74 bits per heavy atom. The molecule has 2 bridgehead atoms. The van der Waals surface area contributed by atoms with Crippen LogP contribution in [-0.4, -0.2) is 35.1 Å². The lowest BCUT2D eigenvalue weighted by Crippen LogP contribution is -2.69. The zero-order valence-corrected chi connectivity index (χ0v) is 15.9. The Kier molecular flexibility index (Phi) is 3.74. The van der Waals surface area contributed by atoms with E-state index in [0.717, 1.165) is 38.8 Å². The quantitative estimate of drug-likeness (QED) is 0.882. The number of hydrogen-bond acceptors (Lipinski definition) is 2. The van der Waals surface area contributed by atoms with Crippen molar-refractivity contribution in [3.8, 4) is 0 Å². The molecule has 0 spiro atoms. The summed E-state index contributed by atoms with van der Waals surface area (Å²) in [6.07, 6.45) is 3.70. The fourth-order valence-corrected chi connectivity index (χ4v) is 6.17. The van der Waals surface area contributed by atoms with Gasteiger partial charge in [-0.1, -0.05) is 54.6 Å². The van der Waals surface area contributed by atoms with Gasteiger partial charge in [0.15, 0.2) is 0 Å². The molecule has 0 unspecified atom stereocenters. The molecule has 1 heterocycles. The van der Waals surface area contributed by atoms with Gasteiger partial charge in [0.05, 0.1) is 5.41 Å². The number of carbonyl (C=O) groups is 1.